The van der Waals surface area contributed by atoms with Gasteiger partial charge in [-0.3, -0.25) is 4.79 Å². The average molecular weight is 228 g/mol. The van der Waals surface area contributed by atoms with Crippen molar-refractivity contribution >= 4 is 5.91 Å². The van der Waals surface area contributed by atoms with Crippen LogP contribution in [0.4, 0.5) is 0 Å². The number of hydrogen-bond donors (Lipinski definition) is 2. The smallest absolute Gasteiger partial charge is 0.227 e. The Hall–Kier alpha value is -0.650. The van der Waals surface area contributed by atoms with Gasteiger partial charge in [-0.05, 0) is 19.4 Å². The number of ether oxygens (including phenoxy) is 1. The topological polar surface area (TPSA) is 61.8 Å². The van der Waals surface area contributed by atoms with Crippen molar-refractivity contribution in [2.45, 2.75) is 18.9 Å². The van der Waals surface area contributed by atoms with Crippen LogP contribution in [0.15, 0.2) is 0 Å². The largest absolute Gasteiger partial charge is 0.394 e. The number of morpholine rings is 1. The van der Waals surface area contributed by atoms with Gasteiger partial charge in [-0.1, -0.05) is 0 Å². The molecule has 2 aliphatic heterocycles. The summed E-state index contributed by atoms with van der Waals surface area (Å²) in [5.41, 5.74) is 0. The molecule has 0 bridgehead atoms. The second-order valence-corrected chi connectivity index (χ2v) is 4.50. The molecule has 2 aliphatic rings. The SMILES string of the molecule is O=C([C@@H]1CCCNC1)N1CCOC(CO)C1. The minimum Gasteiger partial charge on any atom is -0.394 e. The second-order valence-electron chi connectivity index (χ2n) is 4.50. The van der Waals surface area contributed by atoms with Gasteiger partial charge in [0.25, 0.3) is 0 Å². The highest BCUT2D eigenvalue weighted by molar-refractivity contribution is 5.79. The van der Waals surface area contributed by atoms with Crippen molar-refractivity contribution in [2.24, 2.45) is 5.92 Å². The van der Waals surface area contributed by atoms with Gasteiger partial charge in [0.05, 0.1) is 25.2 Å². The summed E-state index contributed by atoms with van der Waals surface area (Å²) in [5, 5.41) is 12.3. The first-order valence-corrected chi connectivity index (χ1v) is 6.03. The first-order valence-electron chi connectivity index (χ1n) is 6.03. The molecule has 0 aromatic heterocycles. The average Bonchev–Trinajstić information content (AvgIpc) is 2.39. The van der Waals surface area contributed by atoms with Crippen LogP contribution < -0.4 is 5.32 Å². The molecule has 2 fully saturated rings. The monoisotopic (exact) mass is 228 g/mol. The predicted octanol–water partition coefficient (Wildman–Crippen LogP) is -0.794. The van der Waals surface area contributed by atoms with Crippen LogP contribution in [-0.4, -0.2) is 61.4 Å². The number of aliphatic hydroxyl groups excluding tert-OH is 1. The van der Waals surface area contributed by atoms with Gasteiger partial charge < -0.3 is 20.1 Å². The third-order valence-corrected chi connectivity index (χ3v) is 3.30. The van der Waals surface area contributed by atoms with Crippen molar-refractivity contribution in [1.29, 1.82) is 0 Å². The third kappa shape index (κ3) is 2.72. The highest BCUT2D eigenvalue weighted by atomic mass is 16.5. The number of hydrogen-bond acceptors (Lipinski definition) is 4. The lowest BCUT2D eigenvalue weighted by molar-refractivity contribution is -0.145. The van der Waals surface area contributed by atoms with E-state index in [1.54, 1.807) is 0 Å². The summed E-state index contributed by atoms with van der Waals surface area (Å²) in [6.07, 6.45) is 1.85. The first-order chi connectivity index (χ1) is 7.81. The maximum absolute atomic E-state index is 12.2. The van der Waals surface area contributed by atoms with Crippen molar-refractivity contribution in [3.8, 4) is 0 Å². The van der Waals surface area contributed by atoms with Crippen LogP contribution in [0.2, 0.25) is 0 Å². The van der Waals surface area contributed by atoms with Gasteiger partial charge in [0.1, 0.15) is 0 Å². The fraction of sp³-hybridized carbons (Fsp3) is 0.909. The summed E-state index contributed by atoms with van der Waals surface area (Å²) in [6.45, 7) is 3.54. The highest BCUT2D eigenvalue weighted by Crippen LogP contribution is 2.15. The highest BCUT2D eigenvalue weighted by Gasteiger charge is 2.29. The van der Waals surface area contributed by atoms with E-state index >= 15 is 0 Å². The number of aliphatic hydroxyl groups is 1. The van der Waals surface area contributed by atoms with Crippen LogP contribution in [0.5, 0.6) is 0 Å². The van der Waals surface area contributed by atoms with Gasteiger partial charge in [-0.2, -0.15) is 0 Å². The van der Waals surface area contributed by atoms with Crippen LogP contribution in [0.25, 0.3) is 0 Å². The Morgan fingerprint density at radius 2 is 2.44 bits per heavy atom. The van der Waals surface area contributed by atoms with E-state index in [-0.39, 0.29) is 24.5 Å². The van der Waals surface area contributed by atoms with Gasteiger partial charge in [0.15, 0.2) is 0 Å². The van der Waals surface area contributed by atoms with E-state index in [2.05, 4.69) is 5.32 Å². The minimum atomic E-state index is -0.200. The second kappa shape index (κ2) is 5.61. The number of nitrogens with zero attached hydrogens (tertiary/aromatic N) is 1. The van der Waals surface area contributed by atoms with Crippen LogP contribution in [0, 0.1) is 5.92 Å². The number of carbonyl (C=O) groups excluding carboxylic acids is 1. The molecular formula is C11H20N2O3. The van der Waals surface area contributed by atoms with E-state index in [4.69, 9.17) is 9.84 Å². The van der Waals surface area contributed by atoms with Crippen molar-refractivity contribution in [3.63, 3.8) is 0 Å². The molecule has 1 amide bonds. The fourth-order valence-electron chi connectivity index (χ4n) is 2.35. The predicted molar refractivity (Wildman–Crippen MR) is 59.0 cm³/mol. The van der Waals surface area contributed by atoms with Crippen molar-refractivity contribution in [1.82, 2.24) is 10.2 Å². The van der Waals surface area contributed by atoms with Crippen LogP contribution in [0.3, 0.4) is 0 Å². The summed E-state index contributed by atoms with van der Waals surface area (Å²) in [5.74, 6) is 0.333. The standard InChI is InChI=1S/C11H20N2O3/c14-8-10-7-13(4-5-16-10)11(15)9-2-1-3-12-6-9/h9-10,12,14H,1-8H2/t9-,10?/m1/s1. The van der Waals surface area contributed by atoms with Crippen LogP contribution in [-0.2, 0) is 9.53 Å². The van der Waals surface area contributed by atoms with E-state index in [1.807, 2.05) is 4.90 Å². The Balaban J connectivity index is 1.87. The number of rotatable bonds is 2. The normalized spacial score (nSPS) is 31.4. The Labute approximate surface area is 95.8 Å². The zero-order valence-electron chi connectivity index (χ0n) is 9.52. The first kappa shape index (κ1) is 11.8. The maximum Gasteiger partial charge on any atom is 0.227 e. The van der Waals surface area contributed by atoms with E-state index in [0.29, 0.717) is 19.7 Å². The fourth-order valence-corrected chi connectivity index (χ4v) is 2.35. The zero-order valence-corrected chi connectivity index (χ0v) is 9.52. The Morgan fingerprint density at radius 1 is 1.56 bits per heavy atom. The molecule has 0 radical (unpaired) electrons. The molecule has 2 rings (SSSR count). The van der Waals surface area contributed by atoms with Gasteiger partial charge in [-0.15, -0.1) is 0 Å². The molecule has 16 heavy (non-hydrogen) atoms. The van der Waals surface area contributed by atoms with Crippen LogP contribution >= 0.6 is 0 Å². The Bertz CT molecular complexity index is 241. The van der Waals surface area contributed by atoms with Crippen LogP contribution in [0.1, 0.15) is 12.8 Å². The maximum atomic E-state index is 12.2. The molecule has 0 spiro atoms. The lowest BCUT2D eigenvalue weighted by Gasteiger charge is -2.35. The zero-order chi connectivity index (χ0) is 11.4. The molecule has 0 saturated carbocycles. The van der Waals surface area contributed by atoms with Gasteiger partial charge in [0, 0.05) is 19.6 Å². The Morgan fingerprint density at radius 3 is 3.12 bits per heavy atom. The summed E-state index contributed by atoms with van der Waals surface area (Å²) in [6, 6.07) is 0. The summed E-state index contributed by atoms with van der Waals surface area (Å²) < 4.78 is 5.34. The Kier molecular flexibility index (Phi) is 4.15. The molecule has 2 saturated heterocycles. The lowest BCUT2D eigenvalue weighted by Crippen LogP contribution is -2.51. The van der Waals surface area contributed by atoms with Crippen molar-refractivity contribution in [3.05, 3.63) is 0 Å². The summed E-state index contributed by atoms with van der Waals surface area (Å²) in [7, 11) is 0. The van der Waals surface area contributed by atoms with E-state index in [9.17, 15) is 4.79 Å². The molecule has 0 aromatic rings. The quantitative estimate of drug-likeness (QED) is 0.650. The molecule has 1 unspecified atom stereocenters. The van der Waals surface area contributed by atoms with Gasteiger partial charge >= 0.3 is 0 Å². The van der Waals surface area contributed by atoms with Crippen molar-refractivity contribution in [2.75, 3.05) is 39.4 Å². The molecule has 2 N–H and O–H groups in total. The third-order valence-electron chi connectivity index (χ3n) is 3.30. The van der Waals surface area contributed by atoms with E-state index in [1.165, 1.54) is 0 Å². The van der Waals surface area contributed by atoms with Gasteiger partial charge in [0.2, 0.25) is 5.91 Å². The van der Waals surface area contributed by atoms with Crippen molar-refractivity contribution < 1.29 is 14.6 Å². The summed E-state index contributed by atoms with van der Waals surface area (Å²) in [4.78, 5) is 14.0. The molecule has 5 nitrogen and oxygen atoms in total. The van der Waals surface area contributed by atoms with Gasteiger partial charge in [-0.25, -0.2) is 0 Å². The number of amides is 1. The molecule has 92 valence electrons. The molecule has 2 heterocycles. The number of carbonyl (C=O) groups is 1. The summed E-state index contributed by atoms with van der Waals surface area (Å²) >= 11 is 0. The molecular weight excluding hydrogens is 208 g/mol. The number of piperidine rings is 1. The van der Waals surface area contributed by atoms with E-state index in [0.717, 1.165) is 25.9 Å². The molecule has 0 aromatic carbocycles. The van der Waals surface area contributed by atoms with E-state index < -0.39 is 0 Å². The molecule has 0 aliphatic carbocycles. The molecule has 5 heteroatoms. The molecule has 2 atom stereocenters. The lowest BCUT2D eigenvalue weighted by atomic mass is 9.98. The minimum absolute atomic E-state index is 0.00725. The number of nitrogens with one attached hydrogen (secondary N) is 1.